The average molecular weight is 518 g/mol. The molecule has 13 heteroatoms. The number of nitrogens with zero attached hydrogens (tertiary/aromatic N) is 3. The van der Waals surface area contributed by atoms with Crippen LogP contribution in [0.3, 0.4) is 0 Å². The van der Waals surface area contributed by atoms with E-state index in [0.717, 1.165) is 11.1 Å². The number of rotatable bonds is 19. The SMILES string of the molecule is NCCOCCOCCOCCOCCC(=O)NCc1ccc(COc2nc(N)nc3nc[nH]c23)cc1. The van der Waals surface area contributed by atoms with Crippen LogP contribution in [-0.2, 0) is 36.9 Å². The van der Waals surface area contributed by atoms with Gasteiger partial charge in [-0.05, 0) is 11.1 Å². The summed E-state index contributed by atoms with van der Waals surface area (Å²) in [6.07, 6.45) is 1.79. The molecule has 3 aromatic rings. The Morgan fingerprint density at radius 2 is 1.49 bits per heavy atom. The van der Waals surface area contributed by atoms with E-state index >= 15 is 0 Å². The fraction of sp³-hybridized carbons (Fsp3) is 0.500. The summed E-state index contributed by atoms with van der Waals surface area (Å²) in [5.41, 5.74) is 14.0. The topological polar surface area (TPSA) is 182 Å². The zero-order chi connectivity index (χ0) is 26.1. The van der Waals surface area contributed by atoms with Crippen molar-refractivity contribution in [3.8, 4) is 5.88 Å². The van der Waals surface area contributed by atoms with Gasteiger partial charge >= 0.3 is 0 Å². The van der Waals surface area contributed by atoms with Gasteiger partial charge in [-0.3, -0.25) is 4.79 Å². The van der Waals surface area contributed by atoms with Gasteiger partial charge in [-0.2, -0.15) is 9.97 Å². The summed E-state index contributed by atoms with van der Waals surface area (Å²) >= 11 is 0. The Morgan fingerprint density at radius 3 is 2.16 bits per heavy atom. The van der Waals surface area contributed by atoms with Crippen molar-refractivity contribution in [3.05, 3.63) is 41.7 Å². The Morgan fingerprint density at radius 1 is 0.865 bits per heavy atom. The quantitative estimate of drug-likeness (QED) is 0.163. The summed E-state index contributed by atoms with van der Waals surface area (Å²) in [4.78, 5) is 27.2. The lowest BCUT2D eigenvalue weighted by Crippen LogP contribution is -2.24. The van der Waals surface area contributed by atoms with Crippen molar-refractivity contribution >= 4 is 23.0 Å². The van der Waals surface area contributed by atoms with Crippen LogP contribution in [0.15, 0.2) is 30.6 Å². The molecule has 6 N–H and O–H groups in total. The van der Waals surface area contributed by atoms with Gasteiger partial charge in [0.05, 0.1) is 59.2 Å². The van der Waals surface area contributed by atoms with Gasteiger partial charge < -0.3 is 45.5 Å². The number of benzene rings is 1. The Hall–Kier alpha value is -3.36. The van der Waals surface area contributed by atoms with E-state index in [0.29, 0.717) is 89.6 Å². The molecule has 0 unspecified atom stereocenters. The number of nitrogens with two attached hydrogens (primary N) is 2. The molecule has 2 heterocycles. The maximum absolute atomic E-state index is 12.1. The van der Waals surface area contributed by atoms with Crippen LogP contribution in [0, 0.1) is 0 Å². The van der Waals surface area contributed by atoms with E-state index in [1.807, 2.05) is 24.3 Å². The second-order valence-electron chi connectivity index (χ2n) is 7.86. The highest BCUT2D eigenvalue weighted by Gasteiger charge is 2.10. The Kier molecular flexibility index (Phi) is 12.5. The summed E-state index contributed by atoms with van der Waals surface area (Å²) in [7, 11) is 0. The van der Waals surface area contributed by atoms with Crippen molar-refractivity contribution in [1.29, 1.82) is 0 Å². The molecule has 0 fully saturated rings. The minimum absolute atomic E-state index is 0.0801. The summed E-state index contributed by atoms with van der Waals surface area (Å²) < 4.78 is 27.2. The van der Waals surface area contributed by atoms with E-state index in [4.69, 9.17) is 35.2 Å². The van der Waals surface area contributed by atoms with Crippen molar-refractivity contribution in [1.82, 2.24) is 25.3 Å². The molecule has 0 saturated heterocycles. The van der Waals surface area contributed by atoms with Gasteiger partial charge in [-0.15, -0.1) is 0 Å². The Bertz CT molecular complexity index is 1060. The molecule has 13 nitrogen and oxygen atoms in total. The number of anilines is 1. The number of aromatic nitrogens is 4. The molecule has 1 aromatic carbocycles. The van der Waals surface area contributed by atoms with E-state index in [1.165, 1.54) is 6.33 Å². The first-order chi connectivity index (χ1) is 18.2. The van der Waals surface area contributed by atoms with Gasteiger partial charge in [-0.25, -0.2) is 4.98 Å². The van der Waals surface area contributed by atoms with Crippen LogP contribution < -0.4 is 21.5 Å². The monoisotopic (exact) mass is 517 g/mol. The number of nitrogens with one attached hydrogen (secondary N) is 2. The molecule has 37 heavy (non-hydrogen) atoms. The number of ether oxygens (including phenoxy) is 5. The minimum Gasteiger partial charge on any atom is -0.471 e. The van der Waals surface area contributed by atoms with E-state index in [-0.39, 0.29) is 18.3 Å². The number of amides is 1. The molecule has 0 radical (unpaired) electrons. The smallest absolute Gasteiger partial charge is 0.245 e. The predicted molar refractivity (Wildman–Crippen MR) is 136 cm³/mol. The van der Waals surface area contributed by atoms with Crippen molar-refractivity contribution in [3.63, 3.8) is 0 Å². The molecule has 1 amide bonds. The van der Waals surface area contributed by atoms with Crippen LogP contribution in [0.1, 0.15) is 17.5 Å². The average Bonchev–Trinajstić information content (AvgIpc) is 3.38. The zero-order valence-electron chi connectivity index (χ0n) is 20.8. The number of imidazole rings is 1. The first-order valence-corrected chi connectivity index (χ1v) is 12.1. The Labute approximate surface area is 215 Å². The lowest BCUT2D eigenvalue weighted by atomic mass is 10.1. The molecular formula is C24H35N7O6. The number of aromatic amines is 1. The van der Waals surface area contributed by atoms with E-state index in [2.05, 4.69) is 25.3 Å². The summed E-state index contributed by atoms with van der Waals surface area (Å²) in [5, 5.41) is 2.89. The third-order valence-corrected chi connectivity index (χ3v) is 5.01. The number of nitrogen functional groups attached to an aromatic ring is 1. The first-order valence-electron chi connectivity index (χ1n) is 12.1. The molecule has 0 spiro atoms. The minimum atomic E-state index is -0.0801. The molecule has 2 aromatic heterocycles. The van der Waals surface area contributed by atoms with Crippen LogP contribution in [-0.4, -0.2) is 85.2 Å². The van der Waals surface area contributed by atoms with Crippen LogP contribution >= 0.6 is 0 Å². The van der Waals surface area contributed by atoms with Gasteiger partial charge in [0.15, 0.2) is 5.65 Å². The third kappa shape index (κ3) is 10.7. The fourth-order valence-corrected chi connectivity index (χ4v) is 3.13. The second kappa shape index (κ2) is 16.4. The fourth-order valence-electron chi connectivity index (χ4n) is 3.13. The normalized spacial score (nSPS) is 11.2. The highest BCUT2D eigenvalue weighted by Crippen LogP contribution is 2.20. The van der Waals surface area contributed by atoms with Gasteiger partial charge in [0.25, 0.3) is 0 Å². The number of carbonyl (C=O) groups is 1. The van der Waals surface area contributed by atoms with E-state index in [9.17, 15) is 4.79 Å². The van der Waals surface area contributed by atoms with Crippen molar-refractivity contribution in [2.45, 2.75) is 19.6 Å². The third-order valence-electron chi connectivity index (χ3n) is 5.01. The van der Waals surface area contributed by atoms with Gasteiger partial charge in [-0.1, -0.05) is 24.3 Å². The van der Waals surface area contributed by atoms with Crippen LogP contribution in [0.5, 0.6) is 5.88 Å². The second-order valence-corrected chi connectivity index (χ2v) is 7.86. The first kappa shape index (κ1) is 28.2. The van der Waals surface area contributed by atoms with Gasteiger partial charge in [0.1, 0.15) is 12.1 Å². The number of carbonyl (C=O) groups excluding carboxylic acids is 1. The highest BCUT2D eigenvalue weighted by molar-refractivity contribution is 5.76. The molecule has 202 valence electrons. The number of fused-ring (bicyclic) bond motifs is 1. The molecule has 0 aliphatic carbocycles. The lowest BCUT2D eigenvalue weighted by Gasteiger charge is -2.09. The largest absolute Gasteiger partial charge is 0.471 e. The number of H-pyrrole nitrogens is 1. The molecule has 0 aliphatic rings. The van der Waals surface area contributed by atoms with E-state index in [1.54, 1.807) is 0 Å². The lowest BCUT2D eigenvalue weighted by molar-refractivity contribution is -0.122. The van der Waals surface area contributed by atoms with Crippen molar-refractivity contribution < 1.29 is 28.5 Å². The molecule has 0 atom stereocenters. The number of hydrogen-bond acceptors (Lipinski definition) is 11. The molecule has 0 bridgehead atoms. The Balaban J connectivity index is 1.21. The highest BCUT2D eigenvalue weighted by atomic mass is 16.6. The molecular weight excluding hydrogens is 482 g/mol. The van der Waals surface area contributed by atoms with Crippen LogP contribution in [0.25, 0.3) is 11.2 Å². The van der Waals surface area contributed by atoms with Crippen LogP contribution in [0.4, 0.5) is 5.95 Å². The van der Waals surface area contributed by atoms with Crippen LogP contribution in [0.2, 0.25) is 0 Å². The summed E-state index contributed by atoms with van der Waals surface area (Å²) in [6.45, 7) is 5.00. The van der Waals surface area contributed by atoms with Gasteiger partial charge in [0, 0.05) is 19.5 Å². The standard InChI is InChI=1S/C24H35N7O6/c25-6-8-34-10-12-36-14-13-35-11-9-33-7-5-20(32)27-15-18-1-3-19(4-2-18)16-37-23-21-22(29-17-28-21)30-24(26)31-23/h1-4,17H,5-16,25H2,(H,27,32)(H3,26,28,29,30,31). The summed E-state index contributed by atoms with van der Waals surface area (Å²) in [5.74, 6) is 0.365. The molecule has 3 rings (SSSR count). The van der Waals surface area contributed by atoms with Gasteiger partial charge in [0.2, 0.25) is 17.7 Å². The maximum atomic E-state index is 12.1. The van der Waals surface area contributed by atoms with Crippen molar-refractivity contribution in [2.75, 3.05) is 65.1 Å². The predicted octanol–water partition coefficient (Wildman–Crippen LogP) is 0.546. The van der Waals surface area contributed by atoms with E-state index < -0.39 is 0 Å². The number of hydrogen-bond donors (Lipinski definition) is 4. The maximum Gasteiger partial charge on any atom is 0.245 e. The zero-order valence-corrected chi connectivity index (χ0v) is 20.8. The summed E-state index contributed by atoms with van der Waals surface area (Å²) in [6, 6.07) is 7.73. The molecule has 0 aliphatic heterocycles. The van der Waals surface area contributed by atoms with Crippen molar-refractivity contribution in [2.24, 2.45) is 5.73 Å². The molecule has 0 saturated carbocycles.